The van der Waals surface area contributed by atoms with Crippen LogP contribution in [0.3, 0.4) is 0 Å². The summed E-state index contributed by atoms with van der Waals surface area (Å²) in [7, 11) is 0. The second-order valence-corrected chi connectivity index (χ2v) is 7.47. The average Bonchev–Trinajstić information content (AvgIpc) is 3.12. The highest BCUT2D eigenvalue weighted by Crippen LogP contribution is 2.32. The molecule has 0 aliphatic carbocycles. The monoisotopic (exact) mass is 412 g/mol. The molecule has 146 valence electrons. The van der Waals surface area contributed by atoms with Gasteiger partial charge in [0.1, 0.15) is 17.2 Å². The number of nitrogens with zero attached hydrogens (tertiary/aromatic N) is 2. The number of anilines is 2. The van der Waals surface area contributed by atoms with E-state index < -0.39 is 11.7 Å². The number of aryl methyl sites for hydroxylation is 1. The summed E-state index contributed by atoms with van der Waals surface area (Å²) in [6.07, 6.45) is -4.39. The van der Waals surface area contributed by atoms with Gasteiger partial charge in [0, 0.05) is 5.69 Å². The van der Waals surface area contributed by atoms with E-state index in [2.05, 4.69) is 10.3 Å². The van der Waals surface area contributed by atoms with Gasteiger partial charge in [0.2, 0.25) is 0 Å². The van der Waals surface area contributed by atoms with Crippen LogP contribution < -0.4 is 9.27 Å². The van der Waals surface area contributed by atoms with E-state index in [9.17, 15) is 13.2 Å². The molecule has 0 atom stereocenters. The minimum atomic E-state index is -4.39. The molecule has 4 rings (SSSR count). The number of para-hydroxylation sites is 1. The van der Waals surface area contributed by atoms with Crippen molar-refractivity contribution < 1.29 is 17.1 Å². The number of hydrogen-bond donors (Lipinski definition) is 1. The van der Waals surface area contributed by atoms with E-state index in [1.54, 1.807) is 6.07 Å². The molecule has 29 heavy (non-hydrogen) atoms. The van der Waals surface area contributed by atoms with Crippen LogP contribution >= 0.6 is 11.5 Å². The van der Waals surface area contributed by atoms with Crippen LogP contribution in [-0.4, -0.2) is 4.98 Å². The predicted octanol–water partition coefficient (Wildman–Crippen LogP) is 6.16. The van der Waals surface area contributed by atoms with Crippen LogP contribution in [0.5, 0.6) is 0 Å². The van der Waals surface area contributed by atoms with Gasteiger partial charge in [-0.1, -0.05) is 42.0 Å². The highest BCUT2D eigenvalue weighted by molar-refractivity contribution is 7.06. The van der Waals surface area contributed by atoms with E-state index in [1.807, 2.05) is 65.5 Å². The molecule has 4 aromatic rings. The van der Waals surface area contributed by atoms with Gasteiger partial charge in [0.05, 0.1) is 11.1 Å². The number of alkyl halides is 3. The molecular weight excluding hydrogens is 395 g/mol. The Hall–Kier alpha value is -3.19. The molecule has 0 saturated carbocycles. The van der Waals surface area contributed by atoms with Gasteiger partial charge >= 0.3 is 17.1 Å². The molecule has 0 unspecified atom stereocenters. The third kappa shape index (κ3) is 4.30. The smallest absolute Gasteiger partial charge is 0.308 e. The number of halogens is 3. The van der Waals surface area contributed by atoms with E-state index in [0.29, 0.717) is 10.8 Å². The third-order valence-corrected chi connectivity index (χ3v) is 5.25. The molecule has 0 amide bonds. The Morgan fingerprint density at radius 2 is 1.62 bits per heavy atom. The number of nitrogens with one attached hydrogen (secondary N) is 1. The highest BCUT2D eigenvalue weighted by atomic mass is 32.1. The zero-order valence-corrected chi connectivity index (χ0v) is 16.3. The van der Waals surface area contributed by atoms with Gasteiger partial charge < -0.3 is 5.32 Å². The normalized spacial score (nSPS) is 11.4. The molecular formula is C22H17F3N3S+. The van der Waals surface area contributed by atoms with Crippen LogP contribution in [0.2, 0.25) is 0 Å². The van der Waals surface area contributed by atoms with Gasteiger partial charge in [0.15, 0.2) is 0 Å². The summed E-state index contributed by atoms with van der Waals surface area (Å²) < 4.78 is 41.0. The lowest BCUT2D eigenvalue weighted by atomic mass is 10.1. The Bertz CT molecular complexity index is 1120. The molecule has 7 heteroatoms. The molecule has 0 saturated heterocycles. The Labute approximate surface area is 170 Å². The first kappa shape index (κ1) is 19.1. The maximum Gasteiger partial charge on any atom is 0.416 e. The van der Waals surface area contributed by atoms with Crippen molar-refractivity contribution in [3.8, 4) is 17.1 Å². The number of aromatic nitrogens is 2. The van der Waals surface area contributed by atoms with Crippen molar-refractivity contribution in [2.45, 2.75) is 13.1 Å². The Morgan fingerprint density at radius 3 is 2.31 bits per heavy atom. The second-order valence-electron chi connectivity index (χ2n) is 6.53. The van der Waals surface area contributed by atoms with Crippen LogP contribution in [0.1, 0.15) is 11.1 Å². The van der Waals surface area contributed by atoms with Gasteiger partial charge in [-0.25, -0.2) is 0 Å². The highest BCUT2D eigenvalue weighted by Gasteiger charge is 2.31. The van der Waals surface area contributed by atoms with E-state index in [-0.39, 0.29) is 0 Å². The fraction of sp³-hybridized carbons (Fsp3) is 0.0909. The predicted molar refractivity (Wildman–Crippen MR) is 109 cm³/mol. The molecule has 3 nitrogen and oxygen atoms in total. The molecule has 0 aliphatic heterocycles. The summed E-state index contributed by atoms with van der Waals surface area (Å²) in [6.45, 7) is 2.01. The van der Waals surface area contributed by atoms with Crippen molar-refractivity contribution in [1.29, 1.82) is 0 Å². The topological polar surface area (TPSA) is 28.8 Å². The van der Waals surface area contributed by atoms with Crippen molar-refractivity contribution >= 4 is 22.4 Å². The standard InChI is InChI=1S/C22H16F3N3S/c1-15-10-12-16(13-11-15)20-27-21(29-28(20)19-8-3-2-4-9-19)26-18-7-5-6-17(14-18)22(23,24)25/h2-14H,1H3/p+1. The fourth-order valence-corrected chi connectivity index (χ4v) is 3.79. The van der Waals surface area contributed by atoms with E-state index >= 15 is 0 Å². The van der Waals surface area contributed by atoms with Crippen LogP contribution in [0.4, 0.5) is 24.0 Å². The Balaban J connectivity index is 1.75. The largest absolute Gasteiger partial charge is 0.416 e. The average molecular weight is 412 g/mol. The van der Waals surface area contributed by atoms with E-state index in [1.165, 1.54) is 17.6 Å². The summed E-state index contributed by atoms with van der Waals surface area (Å²) in [5.41, 5.74) is 2.63. The number of benzene rings is 3. The summed E-state index contributed by atoms with van der Waals surface area (Å²) in [4.78, 5) is 4.66. The van der Waals surface area contributed by atoms with Gasteiger partial charge in [-0.15, -0.1) is 3.96 Å². The maximum atomic E-state index is 13.0. The molecule has 3 aromatic carbocycles. The molecule has 0 fully saturated rings. The van der Waals surface area contributed by atoms with Gasteiger partial charge in [-0.2, -0.15) is 13.2 Å². The lowest BCUT2D eigenvalue weighted by molar-refractivity contribution is -0.509. The third-order valence-electron chi connectivity index (χ3n) is 4.32. The molecule has 1 aromatic heterocycles. The maximum absolute atomic E-state index is 13.0. The van der Waals surface area contributed by atoms with Crippen LogP contribution in [0.25, 0.3) is 17.1 Å². The Kier molecular flexibility index (Phi) is 5.07. The summed E-state index contributed by atoms with van der Waals surface area (Å²) in [5.74, 6) is 0.718. The van der Waals surface area contributed by atoms with E-state index in [4.69, 9.17) is 0 Å². The number of rotatable bonds is 4. The van der Waals surface area contributed by atoms with Crippen molar-refractivity contribution in [2.75, 3.05) is 5.32 Å². The van der Waals surface area contributed by atoms with Crippen molar-refractivity contribution in [3.63, 3.8) is 0 Å². The van der Waals surface area contributed by atoms with Crippen LogP contribution in [0, 0.1) is 6.92 Å². The zero-order valence-electron chi connectivity index (χ0n) is 15.4. The molecule has 0 radical (unpaired) electrons. The molecule has 0 bridgehead atoms. The van der Waals surface area contributed by atoms with Crippen molar-refractivity contribution in [2.24, 2.45) is 0 Å². The molecule has 0 spiro atoms. The van der Waals surface area contributed by atoms with Crippen LogP contribution in [-0.2, 0) is 6.18 Å². The lowest BCUT2D eigenvalue weighted by Gasteiger charge is -2.07. The quantitative estimate of drug-likeness (QED) is 0.407. The van der Waals surface area contributed by atoms with Gasteiger partial charge in [0.25, 0.3) is 0 Å². The molecule has 1 N–H and O–H groups in total. The molecule has 1 heterocycles. The lowest BCUT2D eigenvalue weighted by Crippen LogP contribution is -2.27. The number of hydrogen-bond acceptors (Lipinski definition) is 3. The summed E-state index contributed by atoms with van der Waals surface area (Å²) in [6, 6.07) is 22.8. The van der Waals surface area contributed by atoms with Crippen molar-refractivity contribution in [3.05, 3.63) is 90.0 Å². The minimum Gasteiger partial charge on any atom is -0.308 e. The first-order valence-corrected chi connectivity index (χ1v) is 9.67. The van der Waals surface area contributed by atoms with Gasteiger partial charge in [-0.3, -0.25) is 0 Å². The van der Waals surface area contributed by atoms with Crippen molar-refractivity contribution in [1.82, 2.24) is 4.98 Å². The SMILES string of the molecule is Cc1ccc(-c2nc(Nc3cccc(C(F)(F)F)c3)s[n+]2-c2ccccc2)cc1. The minimum absolute atomic E-state index is 0.337. The first-order valence-electron chi connectivity index (χ1n) is 8.90. The van der Waals surface area contributed by atoms with E-state index in [0.717, 1.165) is 34.8 Å². The van der Waals surface area contributed by atoms with Crippen LogP contribution in [0.15, 0.2) is 78.9 Å². The molecule has 0 aliphatic rings. The second kappa shape index (κ2) is 7.67. The summed E-state index contributed by atoms with van der Waals surface area (Å²) in [5, 5.41) is 3.52. The first-order chi connectivity index (χ1) is 13.9. The summed E-state index contributed by atoms with van der Waals surface area (Å²) >= 11 is 1.33. The Morgan fingerprint density at radius 1 is 0.897 bits per heavy atom. The van der Waals surface area contributed by atoms with Gasteiger partial charge in [-0.05, 0) is 54.4 Å². The zero-order chi connectivity index (χ0) is 20.4. The fourth-order valence-electron chi connectivity index (χ4n) is 2.86.